The molecule has 0 radical (unpaired) electrons. The predicted octanol–water partition coefficient (Wildman–Crippen LogP) is 1.05. The first-order valence-electron chi connectivity index (χ1n) is 4.49. The fourth-order valence-electron chi connectivity index (χ4n) is 1.05. The molecule has 0 fully saturated rings. The summed E-state index contributed by atoms with van der Waals surface area (Å²) < 4.78 is 5.05. The van der Waals surface area contributed by atoms with Gasteiger partial charge in [-0.25, -0.2) is 0 Å². The van der Waals surface area contributed by atoms with Crippen molar-refractivity contribution in [3.63, 3.8) is 0 Å². The molecule has 0 aromatic rings. The first-order chi connectivity index (χ1) is 7.15. The lowest BCUT2D eigenvalue weighted by Gasteiger charge is -2.24. The van der Waals surface area contributed by atoms with Gasteiger partial charge in [-0.3, -0.25) is 9.59 Å². The monoisotopic (exact) mass is 228 g/mol. The Morgan fingerprint density at radius 1 is 0.875 bits per heavy atom. The predicted molar refractivity (Wildman–Crippen MR) is 52.8 cm³/mol. The van der Waals surface area contributed by atoms with Gasteiger partial charge in [0.05, 0.1) is 0 Å². The topological polar surface area (TPSA) is 104 Å². The van der Waals surface area contributed by atoms with Crippen molar-refractivity contribution in [1.29, 1.82) is 0 Å². The summed E-state index contributed by atoms with van der Waals surface area (Å²) in [6.45, 7) is 4.79. The van der Waals surface area contributed by atoms with E-state index in [1.165, 1.54) is 0 Å². The second-order valence-corrected chi connectivity index (χ2v) is 4.25. The first kappa shape index (κ1) is 12.1. The Hall–Kier alpha value is -1.98. The molecule has 16 heavy (non-hydrogen) atoms. The van der Waals surface area contributed by atoms with Crippen LogP contribution in [0.5, 0.6) is 0 Å². The minimum absolute atomic E-state index is 0.659. The van der Waals surface area contributed by atoms with E-state index in [-0.39, 0.29) is 0 Å². The van der Waals surface area contributed by atoms with E-state index in [9.17, 15) is 14.7 Å². The van der Waals surface area contributed by atoms with E-state index in [2.05, 4.69) is 0 Å². The number of ketones is 2. The van der Waals surface area contributed by atoms with Gasteiger partial charge in [-0.15, -0.1) is 0 Å². The smallest absolute Gasteiger partial charge is 0.269 e. The lowest BCUT2D eigenvalue weighted by molar-refractivity contribution is -0.127. The van der Waals surface area contributed by atoms with Gasteiger partial charge in [0.2, 0.25) is 23.0 Å². The average molecular weight is 228 g/mol. The van der Waals surface area contributed by atoms with Crippen molar-refractivity contribution in [2.75, 3.05) is 0 Å². The lowest BCUT2D eigenvalue weighted by atomic mass is 10.0. The highest BCUT2D eigenvalue weighted by atomic mass is 16.5. The zero-order valence-corrected chi connectivity index (χ0v) is 9.07. The van der Waals surface area contributed by atoms with Crippen LogP contribution in [-0.4, -0.2) is 32.5 Å². The normalized spacial score (nSPS) is 18.2. The standard InChI is InChI=1S/C10H12O6/c1-10(2,3)16-9-7(14)5(12)4(11)6(13)8(9)15/h11-12,15H,1-3H3. The molecule has 1 aliphatic rings. The molecular formula is C10H12O6. The molecule has 0 saturated heterocycles. The number of carbonyl (C=O) groups excluding carboxylic acids is 2. The lowest BCUT2D eigenvalue weighted by Crippen LogP contribution is -2.30. The van der Waals surface area contributed by atoms with E-state index in [4.69, 9.17) is 14.9 Å². The van der Waals surface area contributed by atoms with Crippen LogP contribution in [0.25, 0.3) is 0 Å². The van der Waals surface area contributed by atoms with Crippen LogP contribution in [0.2, 0.25) is 0 Å². The van der Waals surface area contributed by atoms with Crippen molar-refractivity contribution in [3.8, 4) is 0 Å². The molecule has 0 atom stereocenters. The SMILES string of the molecule is CC(C)(C)OC1=C(O)C(=O)C(O)=C(O)C1=O. The Labute approximate surface area is 91.5 Å². The molecule has 0 aliphatic heterocycles. The third-order valence-electron chi connectivity index (χ3n) is 1.70. The minimum Gasteiger partial charge on any atom is -0.501 e. The Bertz CT molecular complexity index is 421. The fourth-order valence-corrected chi connectivity index (χ4v) is 1.05. The van der Waals surface area contributed by atoms with Crippen LogP contribution >= 0.6 is 0 Å². The number of Topliss-reactive ketones (excluding diaryl/α,β-unsaturated/α-hetero) is 2. The van der Waals surface area contributed by atoms with Crippen LogP contribution < -0.4 is 0 Å². The largest absolute Gasteiger partial charge is 0.501 e. The molecule has 3 N–H and O–H groups in total. The van der Waals surface area contributed by atoms with Crippen LogP contribution in [0.3, 0.4) is 0 Å². The summed E-state index contributed by atoms with van der Waals surface area (Å²) in [4.78, 5) is 22.6. The molecule has 6 nitrogen and oxygen atoms in total. The van der Waals surface area contributed by atoms with E-state index < -0.39 is 40.2 Å². The average Bonchev–Trinajstić information content (AvgIpc) is 2.17. The molecule has 1 aliphatic carbocycles. The maximum Gasteiger partial charge on any atom is 0.269 e. The fraction of sp³-hybridized carbons (Fsp3) is 0.400. The van der Waals surface area contributed by atoms with Crippen molar-refractivity contribution < 1.29 is 29.6 Å². The van der Waals surface area contributed by atoms with E-state index in [1.807, 2.05) is 0 Å². The molecule has 0 unspecified atom stereocenters. The maximum atomic E-state index is 11.4. The van der Waals surface area contributed by atoms with Crippen molar-refractivity contribution in [1.82, 2.24) is 0 Å². The summed E-state index contributed by atoms with van der Waals surface area (Å²) in [5.74, 6) is -6.32. The van der Waals surface area contributed by atoms with Gasteiger partial charge in [0.1, 0.15) is 5.60 Å². The number of carbonyl (C=O) groups is 2. The minimum atomic E-state index is -1.24. The molecule has 0 aromatic heterocycles. The third kappa shape index (κ3) is 2.00. The number of rotatable bonds is 1. The molecule has 0 heterocycles. The van der Waals surface area contributed by atoms with Crippen LogP contribution in [0.4, 0.5) is 0 Å². The maximum absolute atomic E-state index is 11.4. The zero-order chi connectivity index (χ0) is 12.7. The van der Waals surface area contributed by atoms with Crippen molar-refractivity contribution in [3.05, 3.63) is 23.0 Å². The number of hydrogen-bond acceptors (Lipinski definition) is 6. The quantitative estimate of drug-likeness (QED) is 0.579. The summed E-state index contributed by atoms with van der Waals surface area (Å²) in [7, 11) is 0. The van der Waals surface area contributed by atoms with Gasteiger partial charge < -0.3 is 20.1 Å². The van der Waals surface area contributed by atoms with E-state index in [0.717, 1.165) is 0 Å². The number of aliphatic hydroxyl groups is 3. The Balaban J connectivity index is 3.20. The molecule has 1 rings (SSSR count). The van der Waals surface area contributed by atoms with E-state index in [1.54, 1.807) is 20.8 Å². The molecule has 0 amide bonds. The second kappa shape index (κ2) is 3.55. The van der Waals surface area contributed by atoms with Gasteiger partial charge in [0.15, 0.2) is 0 Å². The van der Waals surface area contributed by atoms with Gasteiger partial charge in [0.25, 0.3) is 11.6 Å². The highest BCUT2D eigenvalue weighted by Crippen LogP contribution is 2.25. The van der Waals surface area contributed by atoms with Gasteiger partial charge in [-0.05, 0) is 20.8 Å². The molecular weight excluding hydrogens is 216 g/mol. The van der Waals surface area contributed by atoms with E-state index >= 15 is 0 Å². The van der Waals surface area contributed by atoms with Crippen LogP contribution in [0.15, 0.2) is 23.0 Å². The first-order valence-corrected chi connectivity index (χ1v) is 4.49. The summed E-state index contributed by atoms with van der Waals surface area (Å²) in [6, 6.07) is 0. The Morgan fingerprint density at radius 2 is 1.31 bits per heavy atom. The molecule has 0 saturated carbocycles. The summed E-state index contributed by atoms with van der Waals surface area (Å²) >= 11 is 0. The van der Waals surface area contributed by atoms with Crippen LogP contribution in [-0.2, 0) is 14.3 Å². The van der Waals surface area contributed by atoms with Gasteiger partial charge >= 0.3 is 0 Å². The van der Waals surface area contributed by atoms with Gasteiger partial charge in [-0.2, -0.15) is 0 Å². The van der Waals surface area contributed by atoms with E-state index in [0.29, 0.717) is 0 Å². The summed E-state index contributed by atoms with van der Waals surface area (Å²) in [5.41, 5.74) is -0.827. The van der Waals surface area contributed by atoms with Crippen LogP contribution in [0, 0.1) is 0 Å². The van der Waals surface area contributed by atoms with Crippen molar-refractivity contribution >= 4 is 11.6 Å². The van der Waals surface area contributed by atoms with Gasteiger partial charge in [-0.1, -0.05) is 0 Å². The molecule has 0 bridgehead atoms. The number of hydrogen-bond donors (Lipinski definition) is 3. The zero-order valence-electron chi connectivity index (χ0n) is 9.07. The molecule has 6 heteroatoms. The molecule has 0 spiro atoms. The molecule has 0 aromatic carbocycles. The molecule has 88 valence electrons. The van der Waals surface area contributed by atoms with Crippen molar-refractivity contribution in [2.45, 2.75) is 26.4 Å². The summed E-state index contributed by atoms with van der Waals surface area (Å²) in [5, 5.41) is 27.5. The number of aliphatic hydroxyl groups excluding tert-OH is 3. The van der Waals surface area contributed by atoms with Crippen LogP contribution in [0.1, 0.15) is 20.8 Å². The van der Waals surface area contributed by atoms with Crippen molar-refractivity contribution in [2.24, 2.45) is 0 Å². The third-order valence-corrected chi connectivity index (χ3v) is 1.70. The highest BCUT2D eigenvalue weighted by Gasteiger charge is 2.38. The van der Waals surface area contributed by atoms with Gasteiger partial charge in [0, 0.05) is 0 Å². The highest BCUT2D eigenvalue weighted by molar-refractivity contribution is 6.21. The second-order valence-electron chi connectivity index (χ2n) is 4.25. The number of ether oxygens (including phenoxy) is 1. The Kier molecular flexibility index (Phi) is 2.68. The Morgan fingerprint density at radius 3 is 1.75 bits per heavy atom. The summed E-state index contributed by atoms with van der Waals surface area (Å²) in [6.07, 6.45) is 0.